The van der Waals surface area contributed by atoms with Crippen LogP contribution in [-0.4, -0.2) is 19.9 Å². The minimum absolute atomic E-state index is 0.359. The highest BCUT2D eigenvalue weighted by Gasteiger charge is 2.18. The minimum atomic E-state index is -0.359. The second kappa shape index (κ2) is 5.01. The standard InChI is InChI=1S/C14H17N3O2/c1-17-14(15-9-16-17)8-19-11-6-5-10-3-2-4-13(18)12(10)7-11/h5-7,9,13,18H,2-4,8H2,1H3/t13-/m0/s1. The molecule has 5 heteroatoms. The topological polar surface area (TPSA) is 60.2 Å². The molecule has 0 fully saturated rings. The Kier molecular flexibility index (Phi) is 3.21. The molecule has 1 atom stereocenters. The largest absolute Gasteiger partial charge is 0.486 e. The first-order valence-electron chi connectivity index (χ1n) is 6.50. The average Bonchev–Trinajstić information content (AvgIpc) is 2.83. The Balaban J connectivity index is 1.75. The number of rotatable bonds is 3. The van der Waals surface area contributed by atoms with Gasteiger partial charge in [-0.3, -0.25) is 4.68 Å². The SMILES string of the molecule is Cn1ncnc1COc1ccc2c(c1)[C@@H](O)CCC2. The van der Waals surface area contributed by atoms with E-state index in [0.717, 1.165) is 36.4 Å². The first kappa shape index (κ1) is 12.2. The van der Waals surface area contributed by atoms with Gasteiger partial charge in [0, 0.05) is 7.05 Å². The van der Waals surface area contributed by atoms with Gasteiger partial charge in [-0.2, -0.15) is 5.10 Å². The summed E-state index contributed by atoms with van der Waals surface area (Å²) in [6.45, 7) is 0.380. The summed E-state index contributed by atoms with van der Waals surface area (Å²) in [4.78, 5) is 4.11. The van der Waals surface area contributed by atoms with E-state index in [4.69, 9.17) is 4.74 Å². The third-order valence-electron chi connectivity index (χ3n) is 3.57. The summed E-state index contributed by atoms with van der Waals surface area (Å²) in [7, 11) is 1.84. The molecular formula is C14H17N3O2. The van der Waals surface area contributed by atoms with Gasteiger partial charge in [-0.25, -0.2) is 4.98 Å². The van der Waals surface area contributed by atoms with Gasteiger partial charge in [-0.05, 0) is 42.5 Å². The van der Waals surface area contributed by atoms with Crippen molar-refractivity contribution in [1.29, 1.82) is 0 Å². The van der Waals surface area contributed by atoms with Crippen LogP contribution in [0, 0.1) is 0 Å². The zero-order valence-electron chi connectivity index (χ0n) is 10.9. The van der Waals surface area contributed by atoms with Gasteiger partial charge >= 0.3 is 0 Å². The van der Waals surface area contributed by atoms with Gasteiger partial charge < -0.3 is 9.84 Å². The van der Waals surface area contributed by atoms with E-state index in [1.165, 1.54) is 11.9 Å². The molecule has 1 heterocycles. The fraction of sp³-hybridized carbons (Fsp3) is 0.429. The van der Waals surface area contributed by atoms with E-state index >= 15 is 0 Å². The molecule has 0 amide bonds. The summed E-state index contributed by atoms with van der Waals surface area (Å²) in [6.07, 6.45) is 4.07. The summed E-state index contributed by atoms with van der Waals surface area (Å²) in [5.74, 6) is 1.54. The molecule has 1 aromatic heterocycles. The van der Waals surface area contributed by atoms with Crippen molar-refractivity contribution in [3.63, 3.8) is 0 Å². The number of nitrogens with zero attached hydrogens (tertiary/aromatic N) is 3. The van der Waals surface area contributed by atoms with Crippen LogP contribution in [-0.2, 0) is 20.1 Å². The van der Waals surface area contributed by atoms with Gasteiger partial charge in [-0.15, -0.1) is 0 Å². The minimum Gasteiger partial charge on any atom is -0.486 e. The molecule has 0 bridgehead atoms. The predicted octanol–water partition coefficient (Wildman–Crippen LogP) is 1.76. The van der Waals surface area contributed by atoms with Crippen LogP contribution in [0.3, 0.4) is 0 Å². The number of aliphatic hydroxyl groups is 1. The molecule has 1 N–H and O–H groups in total. The fourth-order valence-electron chi connectivity index (χ4n) is 2.44. The highest BCUT2D eigenvalue weighted by Crippen LogP contribution is 2.32. The molecule has 0 radical (unpaired) electrons. The zero-order valence-corrected chi connectivity index (χ0v) is 10.9. The lowest BCUT2D eigenvalue weighted by Gasteiger charge is -2.21. The molecule has 19 heavy (non-hydrogen) atoms. The van der Waals surface area contributed by atoms with E-state index in [2.05, 4.69) is 10.1 Å². The maximum atomic E-state index is 10.0. The summed E-state index contributed by atoms with van der Waals surface area (Å²) in [5.41, 5.74) is 2.23. The van der Waals surface area contributed by atoms with E-state index in [1.807, 2.05) is 25.2 Å². The lowest BCUT2D eigenvalue weighted by molar-refractivity contribution is 0.156. The molecule has 100 valence electrons. The Hall–Kier alpha value is -1.88. The van der Waals surface area contributed by atoms with Crippen molar-refractivity contribution in [2.45, 2.75) is 32.0 Å². The normalized spacial score (nSPS) is 18.1. The Bertz CT molecular complexity index is 580. The molecule has 0 saturated carbocycles. The molecule has 1 aliphatic carbocycles. The van der Waals surface area contributed by atoms with Crippen LogP contribution in [0.4, 0.5) is 0 Å². The molecule has 5 nitrogen and oxygen atoms in total. The summed E-state index contributed by atoms with van der Waals surface area (Å²) >= 11 is 0. The van der Waals surface area contributed by atoms with Crippen molar-refractivity contribution in [3.05, 3.63) is 41.5 Å². The molecule has 0 aliphatic heterocycles. The number of benzene rings is 1. The Morgan fingerprint density at radius 2 is 2.37 bits per heavy atom. The van der Waals surface area contributed by atoms with Gasteiger partial charge in [0.1, 0.15) is 18.7 Å². The lowest BCUT2D eigenvalue weighted by Crippen LogP contribution is -2.10. The smallest absolute Gasteiger partial charge is 0.164 e. The molecule has 1 aliphatic rings. The maximum absolute atomic E-state index is 10.0. The third kappa shape index (κ3) is 2.46. The lowest BCUT2D eigenvalue weighted by atomic mass is 9.89. The van der Waals surface area contributed by atoms with Crippen molar-refractivity contribution in [3.8, 4) is 5.75 Å². The summed E-state index contributed by atoms with van der Waals surface area (Å²) in [6, 6.07) is 5.94. The Labute approximate surface area is 111 Å². The van der Waals surface area contributed by atoms with Gasteiger partial charge in [0.15, 0.2) is 5.82 Å². The van der Waals surface area contributed by atoms with E-state index in [-0.39, 0.29) is 6.10 Å². The van der Waals surface area contributed by atoms with Crippen LogP contribution < -0.4 is 4.74 Å². The Morgan fingerprint density at radius 3 is 3.16 bits per heavy atom. The maximum Gasteiger partial charge on any atom is 0.164 e. The number of aryl methyl sites for hydroxylation is 2. The molecule has 0 unspecified atom stereocenters. The van der Waals surface area contributed by atoms with Crippen LogP contribution in [0.15, 0.2) is 24.5 Å². The van der Waals surface area contributed by atoms with Crippen molar-refractivity contribution >= 4 is 0 Å². The number of hydrogen-bond acceptors (Lipinski definition) is 4. The second-order valence-corrected chi connectivity index (χ2v) is 4.86. The van der Waals surface area contributed by atoms with Gasteiger partial charge in [-0.1, -0.05) is 6.07 Å². The number of ether oxygens (including phenoxy) is 1. The van der Waals surface area contributed by atoms with Gasteiger partial charge in [0.25, 0.3) is 0 Å². The van der Waals surface area contributed by atoms with Crippen molar-refractivity contribution in [2.24, 2.45) is 7.05 Å². The van der Waals surface area contributed by atoms with Gasteiger partial charge in [0.05, 0.1) is 6.10 Å². The van der Waals surface area contributed by atoms with Crippen LogP contribution in [0.2, 0.25) is 0 Å². The Morgan fingerprint density at radius 1 is 1.47 bits per heavy atom. The summed E-state index contributed by atoms with van der Waals surface area (Å²) in [5, 5.41) is 14.0. The van der Waals surface area contributed by atoms with Crippen molar-refractivity contribution < 1.29 is 9.84 Å². The number of aliphatic hydroxyl groups excluding tert-OH is 1. The van der Waals surface area contributed by atoms with E-state index < -0.39 is 0 Å². The van der Waals surface area contributed by atoms with Crippen LogP contribution in [0.25, 0.3) is 0 Å². The number of aromatic nitrogens is 3. The van der Waals surface area contributed by atoms with E-state index in [1.54, 1.807) is 4.68 Å². The van der Waals surface area contributed by atoms with E-state index in [0.29, 0.717) is 6.61 Å². The van der Waals surface area contributed by atoms with Crippen molar-refractivity contribution in [1.82, 2.24) is 14.8 Å². The quantitative estimate of drug-likeness (QED) is 0.912. The number of fused-ring (bicyclic) bond motifs is 1. The fourth-order valence-corrected chi connectivity index (χ4v) is 2.44. The first-order valence-corrected chi connectivity index (χ1v) is 6.50. The van der Waals surface area contributed by atoms with Crippen LogP contribution in [0.1, 0.15) is 35.9 Å². The van der Waals surface area contributed by atoms with Crippen LogP contribution >= 0.6 is 0 Å². The first-order chi connectivity index (χ1) is 9.24. The molecule has 3 rings (SSSR count). The van der Waals surface area contributed by atoms with E-state index in [9.17, 15) is 5.11 Å². The number of hydrogen-bond donors (Lipinski definition) is 1. The highest BCUT2D eigenvalue weighted by atomic mass is 16.5. The molecule has 2 aromatic rings. The second-order valence-electron chi connectivity index (χ2n) is 4.86. The highest BCUT2D eigenvalue weighted by molar-refractivity contribution is 5.38. The molecule has 0 spiro atoms. The third-order valence-corrected chi connectivity index (χ3v) is 3.57. The monoisotopic (exact) mass is 259 g/mol. The molecule has 1 aromatic carbocycles. The summed E-state index contributed by atoms with van der Waals surface area (Å²) < 4.78 is 7.40. The van der Waals surface area contributed by atoms with Gasteiger partial charge in [0.2, 0.25) is 0 Å². The molecular weight excluding hydrogens is 242 g/mol. The molecule has 0 saturated heterocycles. The predicted molar refractivity (Wildman–Crippen MR) is 69.7 cm³/mol. The zero-order chi connectivity index (χ0) is 13.2. The van der Waals surface area contributed by atoms with Crippen LogP contribution in [0.5, 0.6) is 5.75 Å². The average molecular weight is 259 g/mol. The van der Waals surface area contributed by atoms with Crippen molar-refractivity contribution in [2.75, 3.05) is 0 Å².